The van der Waals surface area contributed by atoms with Crippen molar-refractivity contribution in [2.45, 2.75) is 47.6 Å². The summed E-state index contributed by atoms with van der Waals surface area (Å²) >= 11 is 1.62. The summed E-state index contributed by atoms with van der Waals surface area (Å²) in [6.45, 7) is 11.3. The molecule has 0 fully saturated rings. The van der Waals surface area contributed by atoms with E-state index in [9.17, 15) is 4.79 Å². The van der Waals surface area contributed by atoms with E-state index in [-0.39, 0.29) is 5.91 Å². The van der Waals surface area contributed by atoms with Crippen molar-refractivity contribution in [2.75, 3.05) is 0 Å². The van der Waals surface area contributed by atoms with E-state index >= 15 is 0 Å². The van der Waals surface area contributed by atoms with Crippen LogP contribution in [-0.4, -0.2) is 10.5 Å². The van der Waals surface area contributed by atoms with Gasteiger partial charge in [-0.15, -0.1) is 11.3 Å². The summed E-state index contributed by atoms with van der Waals surface area (Å²) in [6, 6.07) is 14.2. The van der Waals surface area contributed by atoms with Crippen LogP contribution in [0.15, 0.2) is 47.5 Å². The Morgan fingerprint density at radius 1 is 1.04 bits per heavy atom. The zero-order valence-corrected chi connectivity index (χ0v) is 17.5. The van der Waals surface area contributed by atoms with Crippen LogP contribution in [0, 0.1) is 20.8 Å². The maximum atomic E-state index is 12.7. The molecule has 0 spiro atoms. The van der Waals surface area contributed by atoms with Gasteiger partial charge in [0.25, 0.3) is 5.91 Å². The van der Waals surface area contributed by atoms with E-state index in [1.165, 1.54) is 27.3 Å². The Balaban J connectivity index is 2.16. The second-order valence-corrected chi connectivity index (χ2v) is 7.90. The number of thiazole rings is 1. The molecule has 3 nitrogen and oxygen atoms in total. The van der Waals surface area contributed by atoms with Crippen molar-refractivity contribution in [3.8, 4) is 11.3 Å². The van der Waals surface area contributed by atoms with Crippen LogP contribution in [0.3, 0.4) is 0 Å². The largest absolute Gasteiger partial charge is 0.316 e. The molecule has 0 unspecified atom stereocenters. The van der Waals surface area contributed by atoms with Crippen LogP contribution in [0.5, 0.6) is 0 Å². The third kappa shape index (κ3) is 3.96. The van der Waals surface area contributed by atoms with E-state index in [0.29, 0.717) is 5.56 Å². The highest BCUT2D eigenvalue weighted by Gasteiger charge is 2.15. The van der Waals surface area contributed by atoms with Gasteiger partial charge in [0.15, 0.2) is 4.80 Å². The predicted molar refractivity (Wildman–Crippen MR) is 113 cm³/mol. The number of nitrogens with zero attached hydrogens (tertiary/aromatic N) is 2. The first-order chi connectivity index (χ1) is 12.9. The lowest BCUT2D eigenvalue weighted by Gasteiger charge is -2.10. The van der Waals surface area contributed by atoms with Gasteiger partial charge in [0.1, 0.15) is 0 Å². The first-order valence-electron chi connectivity index (χ1n) is 9.40. The highest BCUT2D eigenvalue weighted by molar-refractivity contribution is 7.09. The van der Waals surface area contributed by atoms with Gasteiger partial charge in [0, 0.05) is 17.0 Å². The summed E-state index contributed by atoms with van der Waals surface area (Å²) in [5, 5.41) is 0. The number of hydrogen-bond acceptors (Lipinski definition) is 2. The second-order valence-electron chi connectivity index (χ2n) is 6.84. The first-order valence-corrected chi connectivity index (χ1v) is 10.2. The fraction of sp³-hybridized carbons (Fsp3) is 0.304. The van der Waals surface area contributed by atoms with Crippen LogP contribution in [0.4, 0.5) is 0 Å². The quantitative estimate of drug-likeness (QED) is 0.593. The molecular weight excluding hydrogens is 352 g/mol. The van der Waals surface area contributed by atoms with Gasteiger partial charge < -0.3 is 4.57 Å². The van der Waals surface area contributed by atoms with Crippen molar-refractivity contribution < 1.29 is 4.79 Å². The van der Waals surface area contributed by atoms with Crippen molar-refractivity contribution in [3.63, 3.8) is 0 Å². The van der Waals surface area contributed by atoms with Crippen LogP contribution >= 0.6 is 11.3 Å². The predicted octanol–water partition coefficient (Wildman–Crippen LogP) is 5.47. The monoisotopic (exact) mass is 378 g/mol. The van der Waals surface area contributed by atoms with Gasteiger partial charge in [-0.2, -0.15) is 4.99 Å². The lowest BCUT2D eigenvalue weighted by atomic mass is 10.0. The lowest BCUT2D eigenvalue weighted by Crippen LogP contribution is -2.17. The Morgan fingerprint density at radius 2 is 1.81 bits per heavy atom. The minimum atomic E-state index is -0.184. The Morgan fingerprint density at radius 3 is 2.44 bits per heavy atom. The summed E-state index contributed by atoms with van der Waals surface area (Å²) in [5.74, 6) is -0.184. The lowest BCUT2D eigenvalue weighted by molar-refractivity contribution is 0.0997. The molecular formula is C23H26N2OS. The van der Waals surface area contributed by atoms with E-state index in [1.54, 1.807) is 11.3 Å². The first kappa shape index (κ1) is 19.3. The van der Waals surface area contributed by atoms with E-state index in [1.807, 2.05) is 31.2 Å². The molecule has 0 saturated carbocycles. The molecule has 0 atom stereocenters. The Kier molecular flexibility index (Phi) is 5.76. The van der Waals surface area contributed by atoms with Crippen LogP contribution in [0.1, 0.15) is 45.8 Å². The zero-order chi connectivity index (χ0) is 19.6. The van der Waals surface area contributed by atoms with E-state index in [4.69, 9.17) is 0 Å². The Hall–Kier alpha value is -2.46. The Bertz CT molecular complexity index is 1060. The molecule has 0 bridgehead atoms. The minimum absolute atomic E-state index is 0.184. The van der Waals surface area contributed by atoms with E-state index < -0.39 is 0 Å². The number of aryl methyl sites for hydroxylation is 4. The number of carbonyl (C=O) groups is 1. The van der Waals surface area contributed by atoms with Gasteiger partial charge in [0.2, 0.25) is 0 Å². The van der Waals surface area contributed by atoms with Crippen molar-refractivity contribution in [1.82, 2.24) is 4.57 Å². The molecule has 27 heavy (non-hydrogen) atoms. The normalized spacial score (nSPS) is 11.8. The molecule has 140 valence electrons. The van der Waals surface area contributed by atoms with Gasteiger partial charge in [0.05, 0.1) is 5.69 Å². The number of hydrogen-bond donors (Lipinski definition) is 0. The minimum Gasteiger partial charge on any atom is -0.316 e. The topological polar surface area (TPSA) is 34.4 Å². The third-order valence-corrected chi connectivity index (χ3v) is 6.08. The maximum Gasteiger partial charge on any atom is 0.279 e. The second kappa shape index (κ2) is 8.05. The maximum absolute atomic E-state index is 12.7. The van der Waals surface area contributed by atoms with Gasteiger partial charge >= 0.3 is 0 Å². The zero-order valence-electron chi connectivity index (χ0n) is 16.7. The molecule has 0 aliphatic heterocycles. The summed E-state index contributed by atoms with van der Waals surface area (Å²) in [7, 11) is 0. The van der Waals surface area contributed by atoms with Crippen LogP contribution in [-0.2, 0) is 13.0 Å². The molecule has 4 heteroatoms. The van der Waals surface area contributed by atoms with Crippen molar-refractivity contribution >= 4 is 17.2 Å². The van der Waals surface area contributed by atoms with Crippen LogP contribution in [0.2, 0.25) is 0 Å². The number of aromatic nitrogens is 1. The van der Waals surface area contributed by atoms with Crippen LogP contribution in [0.25, 0.3) is 11.3 Å². The summed E-state index contributed by atoms with van der Waals surface area (Å²) in [4.78, 5) is 19.2. The molecule has 0 N–H and O–H groups in total. The smallest absolute Gasteiger partial charge is 0.279 e. The van der Waals surface area contributed by atoms with E-state index in [0.717, 1.165) is 23.3 Å². The third-order valence-electron chi connectivity index (χ3n) is 4.86. The average molecular weight is 379 g/mol. The van der Waals surface area contributed by atoms with Gasteiger partial charge in [-0.05, 0) is 69.0 Å². The number of amides is 1. The molecule has 3 aromatic rings. The highest BCUT2D eigenvalue weighted by Crippen LogP contribution is 2.28. The Labute approximate surface area is 165 Å². The number of benzene rings is 2. The molecule has 0 radical (unpaired) electrons. The fourth-order valence-electron chi connectivity index (χ4n) is 3.21. The fourth-order valence-corrected chi connectivity index (χ4v) is 4.36. The molecule has 0 aliphatic rings. The molecule has 0 aliphatic carbocycles. The van der Waals surface area contributed by atoms with Gasteiger partial charge in [-0.1, -0.05) is 36.8 Å². The number of carbonyl (C=O) groups excluding carboxylic acids is 1. The molecule has 2 aromatic carbocycles. The standard InChI is InChI=1S/C23H26N2OS/c1-6-20-21(18-12-11-16(4)17(5)14-18)25(7-2)23(27-20)24-22(26)19-10-8-9-15(3)13-19/h8-14H,6-7H2,1-5H3. The van der Waals surface area contributed by atoms with Crippen molar-refractivity contribution in [1.29, 1.82) is 0 Å². The molecule has 3 rings (SSSR count). The van der Waals surface area contributed by atoms with Crippen molar-refractivity contribution in [3.05, 3.63) is 74.4 Å². The summed E-state index contributed by atoms with van der Waals surface area (Å²) in [5.41, 5.74) is 6.64. The summed E-state index contributed by atoms with van der Waals surface area (Å²) < 4.78 is 2.17. The van der Waals surface area contributed by atoms with E-state index in [2.05, 4.69) is 55.5 Å². The SMILES string of the molecule is CCc1sc(=NC(=O)c2cccc(C)c2)n(CC)c1-c1ccc(C)c(C)c1. The average Bonchev–Trinajstić information content (AvgIpc) is 3.01. The van der Waals surface area contributed by atoms with Gasteiger partial charge in [-0.3, -0.25) is 4.79 Å². The molecule has 0 saturated heterocycles. The van der Waals surface area contributed by atoms with Crippen LogP contribution < -0.4 is 4.80 Å². The number of rotatable bonds is 4. The molecule has 1 amide bonds. The molecule has 1 heterocycles. The molecule has 1 aromatic heterocycles. The van der Waals surface area contributed by atoms with Gasteiger partial charge in [-0.25, -0.2) is 0 Å². The highest BCUT2D eigenvalue weighted by atomic mass is 32.1. The van der Waals surface area contributed by atoms with Crippen molar-refractivity contribution in [2.24, 2.45) is 4.99 Å². The summed E-state index contributed by atoms with van der Waals surface area (Å²) in [6.07, 6.45) is 0.918.